The van der Waals surface area contributed by atoms with Gasteiger partial charge in [0.15, 0.2) is 0 Å². The Labute approximate surface area is 124 Å². The molecule has 0 heterocycles. The van der Waals surface area contributed by atoms with Gasteiger partial charge < -0.3 is 14.6 Å². The van der Waals surface area contributed by atoms with E-state index < -0.39 is 6.10 Å². The quantitative estimate of drug-likeness (QED) is 0.884. The number of para-hydroxylation sites is 1. The topological polar surface area (TPSA) is 62.5 Å². The fraction of sp³-hybridized carbons (Fsp3) is 0.235. The molecule has 0 aromatic heterocycles. The first-order valence-electron chi connectivity index (χ1n) is 6.64. The zero-order valence-electron chi connectivity index (χ0n) is 11.8. The number of nitriles is 1. The van der Waals surface area contributed by atoms with Crippen molar-refractivity contribution in [2.45, 2.75) is 19.1 Å². The van der Waals surface area contributed by atoms with Crippen LogP contribution in [0.25, 0.3) is 0 Å². The molecule has 2 rings (SSSR count). The van der Waals surface area contributed by atoms with Crippen LogP contribution >= 0.6 is 0 Å². The predicted octanol–water partition coefficient (Wildman–Crippen LogP) is 3.22. The molecular formula is C17H17NO3. The summed E-state index contributed by atoms with van der Waals surface area (Å²) in [6.45, 7) is 0.377. The summed E-state index contributed by atoms with van der Waals surface area (Å²) in [4.78, 5) is 0. The minimum absolute atomic E-state index is 0.0654. The third-order valence-electron chi connectivity index (χ3n) is 3.11. The van der Waals surface area contributed by atoms with Gasteiger partial charge in [0, 0.05) is 5.56 Å². The molecule has 0 amide bonds. The van der Waals surface area contributed by atoms with Gasteiger partial charge >= 0.3 is 0 Å². The Balaban J connectivity index is 2.07. The van der Waals surface area contributed by atoms with Gasteiger partial charge in [0.1, 0.15) is 18.1 Å². The third kappa shape index (κ3) is 3.98. The van der Waals surface area contributed by atoms with Crippen molar-refractivity contribution in [1.82, 2.24) is 0 Å². The molecule has 1 unspecified atom stereocenters. The van der Waals surface area contributed by atoms with E-state index >= 15 is 0 Å². The maximum atomic E-state index is 9.81. The summed E-state index contributed by atoms with van der Waals surface area (Å²) in [5.74, 6) is 1.42. The Morgan fingerprint density at radius 1 is 1.19 bits per heavy atom. The molecule has 4 nitrogen and oxygen atoms in total. The van der Waals surface area contributed by atoms with Crippen LogP contribution in [0.15, 0.2) is 48.5 Å². The van der Waals surface area contributed by atoms with Gasteiger partial charge in [-0.3, -0.25) is 0 Å². The van der Waals surface area contributed by atoms with Crippen LogP contribution in [0.3, 0.4) is 0 Å². The Morgan fingerprint density at radius 3 is 2.76 bits per heavy atom. The maximum Gasteiger partial charge on any atom is 0.125 e. The number of rotatable bonds is 6. The zero-order chi connectivity index (χ0) is 15.1. The van der Waals surface area contributed by atoms with Crippen LogP contribution in [0.1, 0.15) is 23.7 Å². The van der Waals surface area contributed by atoms with Crippen LogP contribution in [0.4, 0.5) is 0 Å². The molecule has 1 atom stereocenters. The fourth-order valence-corrected chi connectivity index (χ4v) is 2.00. The molecule has 1 N–H and O–H groups in total. The Hall–Kier alpha value is -2.51. The molecule has 0 bridgehead atoms. The molecule has 0 aliphatic rings. The van der Waals surface area contributed by atoms with E-state index in [9.17, 15) is 5.11 Å². The fourth-order valence-electron chi connectivity index (χ4n) is 2.00. The zero-order valence-corrected chi connectivity index (χ0v) is 11.8. The third-order valence-corrected chi connectivity index (χ3v) is 3.11. The average Bonchev–Trinajstić information content (AvgIpc) is 2.53. The van der Waals surface area contributed by atoms with Crippen molar-refractivity contribution >= 4 is 0 Å². The lowest BCUT2D eigenvalue weighted by Crippen LogP contribution is -2.00. The standard InChI is InChI=1S/C17H17NO3/c1-20-17-8-3-2-5-14(17)12-21-15-7-4-6-13(11-15)16(19)9-10-18/h2-8,11,16,19H,9,12H2,1H3. The number of hydrogen-bond donors (Lipinski definition) is 1. The summed E-state index contributed by atoms with van der Waals surface area (Å²) in [5, 5.41) is 18.4. The second-order valence-corrected chi connectivity index (χ2v) is 4.55. The number of benzene rings is 2. The number of ether oxygens (including phenoxy) is 2. The van der Waals surface area contributed by atoms with Gasteiger partial charge in [-0.05, 0) is 23.8 Å². The molecule has 0 spiro atoms. The van der Waals surface area contributed by atoms with Crippen LogP contribution in [0.2, 0.25) is 0 Å². The SMILES string of the molecule is COc1ccccc1COc1cccc(C(O)CC#N)c1. The van der Waals surface area contributed by atoms with E-state index in [0.29, 0.717) is 17.9 Å². The Morgan fingerprint density at radius 2 is 2.00 bits per heavy atom. The van der Waals surface area contributed by atoms with E-state index in [1.165, 1.54) is 0 Å². The summed E-state index contributed by atoms with van der Waals surface area (Å²) in [6.07, 6.45) is -0.722. The van der Waals surface area contributed by atoms with Crippen LogP contribution < -0.4 is 9.47 Å². The summed E-state index contributed by atoms with van der Waals surface area (Å²) in [6, 6.07) is 16.7. The number of aliphatic hydroxyl groups is 1. The van der Waals surface area contributed by atoms with Crippen molar-refractivity contribution in [1.29, 1.82) is 5.26 Å². The number of aliphatic hydroxyl groups excluding tert-OH is 1. The first-order chi connectivity index (χ1) is 10.2. The average molecular weight is 283 g/mol. The normalized spacial score (nSPS) is 11.5. The molecule has 0 aliphatic carbocycles. The van der Waals surface area contributed by atoms with Gasteiger partial charge in [0.05, 0.1) is 25.7 Å². The van der Waals surface area contributed by atoms with Crippen LogP contribution in [-0.2, 0) is 6.61 Å². The van der Waals surface area contributed by atoms with Crippen molar-refractivity contribution in [3.05, 3.63) is 59.7 Å². The lowest BCUT2D eigenvalue weighted by molar-refractivity contribution is 0.182. The maximum absolute atomic E-state index is 9.81. The number of hydrogen-bond acceptors (Lipinski definition) is 4. The second kappa shape index (κ2) is 7.32. The highest BCUT2D eigenvalue weighted by Gasteiger charge is 2.08. The van der Waals surface area contributed by atoms with Crippen molar-refractivity contribution in [3.63, 3.8) is 0 Å². The summed E-state index contributed by atoms with van der Waals surface area (Å²) in [7, 11) is 1.62. The molecule has 108 valence electrons. The second-order valence-electron chi connectivity index (χ2n) is 4.55. The largest absolute Gasteiger partial charge is 0.496 e. The van der Waals surface area contributed by atoms with E-state index in [2.05, 4.69) is 0 Å². The molecule has 2 aromatic rings. The smallest absolute Gasteiger partial charge is 0.125 e. The molecule has 0 radical (unpaired) electrons. The van der Waals surface area contributed by atoms with E-state index in [1.54, 1.807) is 25.3 Å². The molecule has 2 aromatic carbocycles. The van der Waals surface area contributed by atoms with Crippen LogP contribution in [0.5, 0.6) is 11.5 Å². The van der Waals surface area contributed by atoms with Crippen molar-refractivity contribution in [3.8, 4) is 17.6 Å². The van der Waals surface area contributed by atoms with Crippen LogP contribution in [-0.4, -0.2) is 12.2 Å². The van der Waals surface area contributed by atoms with Crippen molar-refractivity contribution in [2.75, 3.05) is 7.11 Å². The number of methoxy groups -OCH3 is 1. The van der Waals surface area contributed by atoms with E-state index in [1.807, 2.05) is 36.4 Å². The van der Waals surface area contributed by atoms with Gasteiger partial charge in [-0.2, -0.15) is 5.26 Å². The first-order valence-corrected chi connectivity index (χ1v) is 6.64. The summed E-state index contributed by atoms with van der Waals surface area (Å²) < 4.78 is 11.0. The van der Waals surface area contributed by atoms with E-state index in [-0.39, 0.29) is 6.42 Å². The highest BCUT2D eigenvalue weighted by atomic mass is 16.5. The van der Waals surface area contributed by atoms with Crippen LogP contribution in [0, 0.1) is 11.3 Å². The molecule has 0 fully saturated rings. The highest BCUT2D eigenvalue weighted by Crippen LogP contribution is 2.24. The Kier molecular flexibility index (Phi) is 5.19. The van der Waals surface area contributed by atoms with Crippen molar-refractivity contribution in [2.24, 2.45) is 0 Å². The van der Waals surface area contributed by atoms with Crippen molar-refractivity contribution < 1.29 is 14.6 Å². The van der Waals surface area contributed by atoms with Gasteiger partial charge in [-0.25, -0.2) is 0 Å². The van der Waals surface area contributed by atoms with E-state index in [4.69, 9.17) is 14.7 Å². The number of nitrogens with zero attached hydrogens (tertiary/aromatic N) is 1. The van der Waals surface area contributed by atoms with Gasteiger partial charge in [0.25, 0.3) is 0 Å². The lowest BCUT2D eigenvalue weighted by atomic mass is 10.1. The molecular weight excluding hydrogens is 266 g/mol. The molecule has 0 saturated carbocycles. The predicted molar refractivity (Wildman–Crippen MR) is 79.0 cm³/mol. The molecule has 0 aliphatic heterocycles. The minimum atomic E-state index is -0.787. The monoisotopic (exact) mass is 283 g/mol. The summed E-state index contributed by atoms with van der Waals surface area (Å²) in [5.41, 5.74) is 1.62. The molecule has 0 saturated heterocycles. The summed E-state index contributed by atoms with van der Waals surface area (Å²) >= 11 is 0. The highest BCUT2D eigenvalue weighted by molar-refractivity contribution is 5.34. The first kappa shape index (κ1) is 14.9. The Bertz CT molecular complexity index is 634. The van der Waals surface area contributed by atoms with E-state index in [0.717, 1.165) is 11.3 Å². The molecule has 21 heavy (non-hydrogen) atoms. The minimum Gasteiger partial charge on any atom is -0.496 e. The van der Waals surface area contributed by atoms with Gasteiger partial charge in [0.2, 0.25) is 0 Å². The molecule has 4 heteroatoms. The lowest BCUT2D eigenvalue weighted by Gasteiger charge is -2.12. The van der Waals surface area contributed by atoms with Gasteiger partial charge in [-0.15, -0.1) is 0 Å². The van der Waals surface area contributed by atoms with Gasteiger partial charge in [-0.1, -0.05) is 30.3 Å².